The molecule has 0 saturated carbocycles. The van der Waals surface area contributed by atoms with Crippen molar-refractivity contribution in [2.75, 3.05) is 0 Å². The highest BCUT2D eigenvalue weighted by molar-refractivity contribution is 7.86. The van der Waals surface area contributed by atoms with Gasteiger partial charge in [0.1, 0.15) is 0 Å². The van der Waals surface area contributed by atoms with E-state index in [4.69, 9.17) is 4.55 Å². The van der Waals surface area contributed by atoms with Crippen molar-refractivity contribution < 1.29 is 18.1 Å². The summed E-state index contributed by atoms with van der Waals surface area (Å²) in [7, 11) is -4.03. The van der Waals surface area contributed by atoms with Gasteiger partial charge in [-0.1, -0.05) is 77.6 Å². The Balaban J connectivity index is 3.54. The molecule has 0 rings (SSSR count). The van der Waals surface area contributed by atoms with Gasteiger partial charge in [0.05, 0.1) is 11.4 Å². The van der Waals surface area contributed by atoms with Crippen LogP contribution >= 0.6 is 0 Å². The van der Waals surface area contributed by atoms with Crippen LogP contribution in [-0.2, 0) is 10.1 Å². The first-order valence-electron chi connectivity index (χ1n) is 9.02. The summed E-state index contributed by atoms with van der Waals surface area (Å²) in [5.41, 5.74) is 0. The lowest BCUT2D eigenvalue weighted by atomic mass is 10.0. The molecule has 5 heteroatoms. The Hall–Kier alpha value is -0.130. The Morgan fingerprint density at radius 1 is 0.818 bits per heavy atom. The second kappa shape index (κ2) is 13.3. The second-order valence-electron chi connectivity index (χ2n) is 6.55. The fourth-order valence-electron chi connectivity index (χ4n) is 2.81. The minimum Gasteiger partial charge on any atom is -0.393 e. The molecule has 0 aliphatic rings. The van der Waals surface area contributed by atoms with Crippen LogP contribution in [0.1, 0.15) is 97.3 Å². The fraction of sp³-hybridized carbons (Fsp3) is 1.00. The van der Waals surface area contributed by atoms with Crippen LogP contribution in [0.15, 0.2) is 0 Å². The molecule has 2 atom stereocenters. The highest BCUT2D eigenvalue weighted by Gasteiger charge is 2.23. The summed E-state index contributed by atoms with van der Waals surface area (Å²) in [5.74, 6) is 0. The Labute approximate surface area is 137 Å². The van der Waals surface area contributed by atoms with Crippen molar-refractivity contribution >= 4 is 10.1 Å². The van der Waals surface area contributed by atoms with Crippen molar-refractivity contribution in [3.8, 4) is 0 Å². The zero-order chi connectivity index (χ0) is 16.8. The van der Waals surface area contributed by atoms with E-state index >= 15 is 0 Å². The summed E-state index contributed by atoms with van der Waals surface area (Å²) >= 11 is 0. The molecule has 0 radical (unpaired) electrons. The molecule has 2 N–H and O–H groups in total. The van der Waals surface area contributed by atoms with Crippen LogP contribution < -0.4 is 0 Å². The topological polar surface area (TPSA) is 74.6 Å². The van der Waals surface area contributed by atoms with Crippen LogP contribution in [-0.4, -0.2) is 29.4 Å². The van der Waals surface area contributed by atoms with Crippen molar-refractivity contribution in [2.24, 2.45) is 0 Å². The van der Waals surface area contributed by atoms with Gasteiger partial charge in [-0.25, -0.2) is 0 Å². The van der Waals surface area contributed by atoms with E-state index < -0.39 is 21.5 Å². The Bertz CT molecular complexity index is 339. The third kappa shape index (κ3) is 13.5. The van der Waals surface area contributed by atoms with Crippen LogP contribution in [0, 0.1) is 0 Å². The molecule has 0 aliphatic heterocycles. The maximum atomic E-state index is 11.2. The van der Waals surface area contributed by atoms with E-state index in [2.05, 4.69) is 6.92 Å². The summed E-state index contributed by atoms with van der Waals surface area (Å²) in [6, 6.07) is 0. The van der Waals surface area contributed by atoms with Gasteiger partial charge in [0.2, 0.25) is 0 Å². The van der Waals surface area contributed by atoms with E-state index in [-0.39, 0.29) is 6.42 Å². The van der Waals surface area contributed by atoms with Gasteiger partial charge < -0.3 is 5.11 Å². The predicted molar refractivity (Wildman–Crippen MR) is 92.7 cm³/mol. The smallest absolute Gasteiger partial charge is 0.267 e. The average molecular weight is 337 g/mol. The number of aliphatic hydroxyl groups is 1. The van der Waals surface area contributed by atoms with Crippen LogP contribution in [0.2, 0.25) is 0 Å². The molecule has 0 bridgehead atoms. The quantitative estimate of drug-likeness (QED) is 0.335. The Morgan fingerprint density at radius 2 is 1.23 bits per heavy atom. The number of hydrogen-bond donors (Lipinski definition) is 2. The Kier molecular flexibility index (Phi) is 13.2. The van der Waals surface area contributed by atoms with E-state index in [1.54, 1.807) is 6.92 Å². The first-order chi connectivity index (χ1) is 10.4. The minimum absolute atomic E-state index is 0.122. The second-order valence-corrected chi connectivity index (χ2v) is 8.24. The molecule has 134 valence electrons. The van der Waals surface area contributed by atoms with Crippen molar-refractivity contribution in [1.82, 2.24) is 0 Å². The molecule has 4 nitrogen and oxygen atoms in total. The van der Waals surface area contributed by atoms with Gasteiger partial charge in [-0.2, -0.15) is 8.42 Å². The highest BCUT2D eigenvalue weighted by Crippen LogP contribution is 2.17. The van der Waals surface area contributed by atoms with Crippen LogP contribution in [0.5, 0.6) is 0 Å². The van der Waals surface area contributed by atoms with Gasteiger partial charge in [0, 0.05) is 0 Å². The average Bonchev–Trinajstić information content (AvgIpc) is 2.42. The van der Waals surface area contributed by atoms with Crippen molar-refractivity contribution in [3.63, 3.8) is 0 Å². The van der Waals surface area contributed by atoms with Gasteiger partial charge in [0.15, 0.2) is 0 Å². The number of aliphatic hydroxyl groups excluding tert-OH is 1. The van der Waals surface area contributed by atoms with Gasteiger partial charge in [0.25, 0.3) is 10.1 Å². The monoisotopic (exact) mass is 336 g/mol. The lowest BCUT2D eigenvalue weighted by Crippen LogP contribution is -2.24. The number of rotatable bonds is 15. The van der Waals surface area contributed by atoms with Crippen LogP contribution in [0.3, 0.4) is 0 Å². The molecule has 0 aromatic heterocycles. The minimum atomic E-state index is -4.03. The lowest BCUT2D eigenvalue weighted by Gasteiger charge is -2.15. The molecular weight excluding hydrogens is 300 g/mol. The summed E-state index contributed by atoms with van der Waals surface area (Å²) in [4.78, 5) is 0. The summed E-state index contributed by atoms with van der Waals surface area (Å²) in [6.07, 6.45) is 13.3. The number of unbranched alkanes of at least 4 members (excludes halogenated alkanes) is 10. The van der Waals surface area contributed by atoms with E-state index in [1.807, 2.05) is 0 Å². The van der Waals surface area contributed by atoms with Crippen LogP contribution in [0.4, 0.5) is 0 Å². The molecule has 0 aromatic carbocycles. The normalized spacial score (nSPS) is 14.9. The van der Waals surface area contributed by atoms with Gasteiger partial charge in [-0.3, -0.25) is 4.55 Å². The summed E-state index contributed by atoms with van der Waals surface area (Å²) in [6.45, 7) is 3.78. The van der Waals surface area contributed by atoms with E-state index in [9.17, 15) is 13.5 Å². The standard InChI is InChI=1S/C17H36O4S/c1-3-4-5-6-7-8-9-10-11-12-13-14-17(15-16(2)18)22(19,20)21/h16-18H,3-15H2,1-2H3,(H,19,20,21). The van der Waals surface area contributed by atoms with Gasteiger partial charge >= 0.3 is 0 Å². The van der Waals surface area contributed by atoms with E-state index in [1.165, 1.54) is 51.4 Å². The largest absolute Gasteiger partial charge is 0.393 e. The lowest BCUT2D eigenvalue weighted by molar-refractivity contribution is 0.179. The number of hydrogen-bond acceptors (Lipinski definition) is 3. The van der Waals surface area contributed by atoms with Crippen LogP contribution in [0.25, 0.3) is 0 Å². The van der Waals surface area contributed by atoms with Gasteiger partial charge in [-0.05, 0) is 19.8 Å². The van der Waals surface area contributed by atoms with E-state index in [0.29, 0.717) is 6.42 Å². The zero-order valence-electron chi connectivity index (χ0n) is 14.5. The molecule has 0 aliphatic carbocycles. The van der Waals surface area contributed by atoms with Crippen molar-refractivity contribution in [1.29, 1.82) is 0 Å². The molecule has 0 aromatic rings. The maximum absolute atomic E-state index is 11.2. The molecule has 0 fully saturated rings. The first-order valence-corrected chi connectivity index (χ1v) is 10.5. The molecule has 22 heavy (non-hydrogen) atoms. The highest BCUT2D eigenvalue weighted by atomic mass is 32.2. The van der Waals surface area contributed by atoms with E-state index in [0.717, 1.165) is 19.3 Å². The molecule has 0 amide bonds. The zero-order valence-corrected chi connectivity index (χ0v) is 15.3. The SMILES string of the molecule is CCCCCCCCCCCCCC(CC(C)O)S(=O)(=O)O. The Morgan fingerprint density at radius 3 is 1.59 bits per heavy atom. The molecule has 2 unspecified atom stereocenters. The predicted octanol–water partition coefficient (Wildman–Crippen LogP) is 4.71. The van der Waals surface area contributed by atoms with Crippen molar-refractivity contribution in [2.45, 2.75) is 109 Å². The molecule has 0 saturated heterocycles. The third-order valence-electron chi connectivity index (χ3n) is 4.15. The molecule has 0 spiro atoms. The van der Waals surface area contributed by atoms with Gasteiger partial charge in [-0.15, -0.1) is 0 Å². The summed E-state index contributed by atoms with van der Waals surface area (Å²) in [5, 5.41) is 8.47. The van der Waals surface area contributed by atoms with Crippen molar-refractivity contribution in [3.05, 3.63) is 0 Å². The fourth-order valence-corrected chi connectivity index (χ4v) is 3.79. The summed E-state index contributed by atoms with van der Waals surface area (Å²) < 4.78 is 31.6. The molecular formula is C17H36O4S. The first kappa shape index (κ1) is 21.9. The third-order valence-corrected chi connectivity index (χ3v) is 5.43. The maximum Gasteiger partial charge on any atom is 0.267 e. The molecule has 0 heterocycles.